The number of ether oxygens (including phenoxy) is 1. The Balaban J connectivity index is 1.93. The Bertz CT molecular complexity index is 895. The lowest BCUT2D eigenvalue weighted by atomic mass is 10.2. The van der Waals surface area contributed by atoms with Crippen LogP contribution in [0.5, 0.6) is 0 Å². The van der Waals surface area contributed by atoms with Crippen molar-refractivity contribution in [3.63, 3.8) is 0 Å². The van der Waals surface area contributed by atoms with Crippen molar-refractivity contribution in [1.82, 2.24) is 0 Å². The van der Waals surface area contributed by atoms with Gasteiger partial charge >= 0.3 is 5.97 Å². The Morgan fingerprint density at radius 3 is 1.67 bits per heavy atom. The van der Waals surface area contributed by atoms with Gasteiger partial charge in [0.15, 0.2) is 0 Å². The van der Waals surface area contributed by atoms with E-state index < -0.39 is 14.4 Å². The third-order valence-electron chi connectivity index (χ3n) is 5.33. The molecule has 3 aromatic rings. The van der Waals surface area contributed by atoms with Crippen LogP contribution in [0.3, 0.4) is 0 Å². The highest BCUT2D eigenvalue weighted by atomic mass is 28.4. The Labute approximate surface area is 180 Å². The maximum absolute atomic E-state index is 12.9. The molecule has 0 radical (unpaired) electrons. The molecule has 3 aromatic carbocycles. The highest BCUT2D eigenvalue weighted by Crippen LogP contribution is 2.37. The first-order valence-electron chi connectivity index (χ1n) is 10.3. The Morgan fingerprint density at radius 2 is 1.23 bits per heavy atom. The molecule has 0 aliphatic rings. The van der Waals surface area contributed by atoms with E-state index in [1.807, 2.05) is 66.7 Å². The summed E-state index contributed by atoms with van der Waals surface area (Å²) in [6, 6.07) is 30.3. The van der Waals surface area contributed by atoms with Crippen molar-refractivity contribution in [3.05, 3.63) is 96.6 Å². The van der Waals surface area contributed by atoms with E-state index in [2.05, 4.69) is 45.0 Å². The third-order valence-corrected chi connectivity index (χ3v) is 10.4. The first-order valence-corrected chi connectivity index (χ1v) is 12.2. The molecule has 156 valence electrons. The fraction of sp³-hybridized carbons (Fsp3) is 0.269. The zero-order valence-electron chi connectivity index (χ0n) is 18.2. The fourth-order valence-corrected chi connectivity index (χ4v) is 8.49. The summed E-state index contributed by atoms with van der Waals surface area (Å²) in [6.45, 7) is 8.63. The van der Waals surface area contributed by atoms with E-state index in [-0.39, 0.29) is 17.6 Å². The molecule has 0 fully saturated rings. The molecule has 3 rings (SSSR count). The average Bonchev–Trinajstić information content (AvgIpc) is 2.76. The molecule has 0 bridgehead atoms. The highest BCUT2D eigenvalue weighted by Gasteiger charge is 2.51. The van der Waals surface area contributed by atoms with Gasteiger partial charge in [-0.2, -0.15) is 0 Å². The van der Waals surface area contributed by atoms with Crippen LogP contribution >= 0.6 is 0 Å². The lowest BCUT2D eigenvalue weighted by molar-refractivity contribution is -0.152. The van der Waals surface area contributed by atoms with Crippen LogP contribution in [0, 0.1) is 0 Å². The summed E-state index contributed by atoms with van der Waals surface area (Å²) in [5, 5.41) is 2.10. The van der Waals surface area contributed by atoms with Crippen molar-refractivity contribution >= 4 is 24.7 Å². The summed E-state index contributed by atoms with van der Waals surface area (Å²) in [6.07, 6.45) is -0.681. The normalized spacial score (nSPS) is 12.9. The second kappa shape index (κ2) is 9.41. The Kier molecular flexibility index (Phi) is 6.90. The van der Waals surface area contributed by atoms with Crippen LogP contribution in [-0.4, -0.2) is 20.4 Å². The number of benzene rings is 3. The molecule has 0 heterocycles. The van der Waals surface area contributed by atoms with Gasteiger partial charge in [-0.1, -0.05) is 112 Å². The summed E-state index contributed by atoms with van der Waals surface area (Å²) in [7, 11) is -2.78. The van der Waals surface area contributed by atoms with E-state index in [0.717, 1.165) is 15.9 Å². The summed E-state index contributed by atoms with van der Waals surface area (Å²) < 4.78 is 12.4. The summed E-state index contributed by atoms with van der Waals surface area (Å²) in [5.41, 5.74) is 0.962. The number of hydrogen-bond donors (Lipinski definition) is 0. The molecule has 3 nitrogen and oxygen atoms in total. The van der Waals surface area contributed by atoms with E-state index in [0.29, 0.717) is 0 Å². The summed E-state index contributed by atoms with van der Waals surface area (Å²) in [5.74, 6) is -0.341. The van der Waals surface area contributed by atoms with Crippen LogP contribution in [0.1, 0.15) is 33.3 Å². The van der Waals surface area contributed by atoms with Gasteiger partial charge in [0.25, 0.3) is 8.32 Å². The minimum atomic E-state index is -2.78. The van der Waals surface area contributed by atoms with Gasteiger partial charge in [0.1, 0.15) is 12.7 Å². The molecule has 0 aliphatic heterocycles. The van der Waals surface area contributed by atoms with Gasteiger partial charge in [0.05, 0.1) is 0 Å². The molecule has 1 unspecified atom stereocenters. The van der Waals surface area contributed by atoms with Crippen LogP contribution in [-0.2, 0) is 20.6 Å². The first kappa shape index (κ1) is 22.0. The molecule has 0 amide bonds. The zero-order valence-corrected chi connectivity index (χ0v) is 19.2. The molecule has 0 saturated heterocycles. The number of rotatable bonds is 7. The lowest BCUT2D eigenvalue weighted by Crippen LogP contribution is -2.68. The smallest absolute Gasteiger partial charge is 0.334 e. The van der Waals surface area contributed by atoms with E-state index >= 15 is 0 Å². The fourth-order valence-electron chi connectivity index (χ4n) is 3.85. The molecular weight excluding hydrogens is 388 g/mol. The molecule has 30 heavy (non-hydrogen) atoms. The minimum absolute atomic E-state index is 0.191. The standard InChI is InChI=1S/C26H30O3Si/c1-21(25(27)28-20-22-14-8-5-9-15-22)29-30(26(2,3)4,23-16-10-6-11-17-23)24-18-12-7-13-19-24/h5-19,21H,20H2,1-4H3. The van der Waals surface area contributed by atoms with Crippen LogP contribution < -0.4 is 10.4 Å². The van der Waals surface area contributed by atoms with Crippen molar-refractivity contribution in [2.24, 2.45) is 0 Å². The largest absolute Gasteiger partial charge is 0.459 e. The maximum atomic E-state index is 12.9. The molecule has 4 heteroatoms. The topological polar surface area (TPSA) is 35.5 Å². The van der Waals surface area contributed by atoms with Crippen LogP contribution in [0.15, 0.2) is 91.0 Å². The molecule has 0 N–H and O–H groups in total. The number of hydrogen-bond acceptors (Lipinski definition) is 3. The van der Waals surface area contributed by atoms with Crippen LogP contribution in [0.25, 0.3) is 0 Å². The molecule has 0 saturated carbocycles. The van der Waals surface area contributed by atoms with Crippen molar-refractivity contribution in [3.8, 4) is 0 Å². The van der Waals surface area contributed by atoms with Crippen LogP contribution in [0.4, 0.5) is 0 Å². The van der Waals surface area contributed by atoms with E-state index in [1.54, 1.807) is 6.92 Å². The maximum Gasteiger partial charge on any atom is 0.334 e. The molecule has 1 atom stereocenters. The molecular formula is C26H30O3Si. The zero-order chi connectivity index (χ0) is 21.6. The van der Waals surface area contributed by atoms with Gasteiger partial charge in [0, 0.05) is 0 Å². The second-order valence-corrected chi connectivity index (χ2v) is 12.8. The molecule has 0 spiro atoms. The van der Waals surface area contributed by atoms with Crippen molar-refractivity contribution in [2.75, 3.05) is 0 Å². The van der Waals surface area contributed by atoms with Crippen molar-refractivity contribution in [1.29, 1.82) is 0 Å². The second-order valence-electron chi connectivity index (χ2n) is 8.52. The highest BCUT2D eigenvalue weighted by molar-refractivity contribution is 6.99. The van der Waals surface area contributed by atoms with Gasteiger partial charge in [-0.3, -0.25) is 0 Å². The predicted molar refractivity (Wildman–Crippen MR) is 124 cm³/mol. The summed E-state index contributed by atoms with van der Waals surface area (Å²) >= 11 is 0. The van der Waals surface area contributed by atoms with E-state index in [4.69, 9.17) is 9.16 Å². The van der Waals surface area contributed by atoms with Gasteiger partial charge in [-0.25, -0.2) is 4.79 Å². The average molecular weight is 419 g/mol. The predicted octanol–water partition coefficient (Wildman–Crippen LogP) is 4.69. The number of carbonyl (C=O) groups excluding carboxylic acids is 1. The summed E-state index contributed by atoms with van der Waals surface area (Å²) in [4.78, 5) is 12.9. The van der Waals surface area contributed by atoms with Gasteiger partial charge in [-0.15, -0.1) is 0 Å². The number of esters is 1. The lowest BCUT2D eigenvalue weighted by Gasteiger charge is -2.44. The minimum Gasteiger partial charge on any atom is -0.459 e. The Hall–Kier alpha value is -2.69. The SMILES string of the molecule is CC(O[Si](c1ccccc1)(c1ccccc1)C(C)(C)C)C(=O)OCc1ccccc1. The van der Waals surface area contributed by atoms with Gasteiger partial charge in [0.2, 0.25) is 0 Å². The first-order chi connectivity index (χ1) is 14.3. The Morgan fingerprint density at radius 1 is 0.800 bits per heavy atom. The molecule has 0 aromatic heterocycles. The van der Waals surface area contributed by atoms with Crippen molar-refractivity contribution < 1.29 is 14.0 Å². The van der Waals surface area contributed by atoms with Crippen molar-refractivity contribution in [2.45, 2.75) is 45.4 Å². The van der Waals surface area contributed by atoms with E-state index in [9.17, 15) is 4.79 Å². The van der Waals surface area contributed by atoms with E-state index in [1.165, 1.54) is 0 Å². The quantitative estimate of drug-likeness (QED) is 0.412. The van der Waals surface area contributed by atoms with Gasteiger partial charge in [-0.05, 0) is 27.9 Å². The number of carbonyl (C=O) groups is 1. The van der Waals surface area contributed by atoms with Crippen LogP contribution in [0.2, 0.25) is 5.04 Å². The molecule has 0 aliphatic carbocycles. The monoisotopic (exact) mass is 418 g/mol. The third kappa shape index (κ3) is 4.72. The van der Waals surface area contributed by atoms with Gasteiger partial charge < -0.3 is 9.16 Å².